The van der Waals surface area contributed by atoms with Crippen LogP contribution in [-0.2, 0) is 0 Å². The minimum atomic E-state index is -4.67. The summed E-state index contributed by atoms with van der Waals surface area (Å²) in [6.07, 6.45) is -4.16. The van der Waals surface area contributed by atoms with Gasteiger partial charge in [0.15, 0.2) is 17.5 Å². The van der Waals surface area contributed by atoms with Gasteiger partial charge in [-0.2, -0.15) is 18.4 Å². The molecule has 0 spiro atoms. The number of methoxy groups -OCH3 is 1. The van der Waals surface area contributed by atoms with Gasteiger partial charge in [0, 0.05) is 12.6 Å². The van der Waals surface area contributed by atoms with Crippen molar-refractivity contribution in [2.45, 2.75) is 31.2 Å². The summed E-state index contributed by atoms with van der Waals surface area (Å²) in [5.74, 6) is 0.191. The van der Waals surface area contributed by atoms with Gasteiger partial charge in [-0.25, -0.2) is 4.98 Å². The number of halogens is 3. The van der Waals surface area contributed by atoms with Crippen molar-refractivity contribution < 1.29 is 23.0 Å². The van der Waals surface area contributed by atoms with Gasteiger partial charge in [0.2, 0.25) is 0 Å². The van der Waals surface area contributed by atoms with Crippen molar-refractivity contribution >= 4 is 5.69 Å². The number of ether oxygens (including phenoxy) is 1. The molecule has 8 heteroatoms. The smallest absolute Gasteiger partial charge is 0.416 e. The summed E-state index contributed by atoms with van der Waals surface area (Å²) in [6.45, 7) is 0.444. The van der Waals surface area contributed by atoms with E-state index < -0.39 is 18.3 Å². The van der Waals surface area contributed by atoms with Crippen molar-refractivity contribution in [2.75, 3.05) is 18.6 Å². The van der Waals surface area contributed by atoms with Crippen LogP contribution in [0.3, 0.4) is 0 Å². The minimum Gasteiger partial charge on any atom is -0.494 e. The Morgan fingerprint density at radius 2 is 2.22 bits per heavy atom. The summed E-state index contributed by atoms with van der Waals surface area (Å²) in [7, 11) is 1.37. The number of hydrogen-bond acceptors (Lipinski definition) is 5. The van der Waals surface area contributed by atoms with Gasteiger partial charge in [-0.15, -0.1) is 0 Å². The number of anilines is 1. The number of pyridine rings is 1. The van der Waals surface area contributed by atoms with Gasteiger partial charge < -0.3 is 14.7 Å². The van der Waals surface area contributed by atoms with Gasteiger partial charge in [-0.3, -0.25) is 0 Å². The van der Waals surface area contributed by atoms with Gasteiger partial charge in [-0.05, 0) is 24.7 Å². The third-order valence-corrected chi connectivity index (χ3v) is 4.86. The molecule has 4 atom stereocenters. The number of nitrogens with zero attached hydrogens (tertiary/aromatic N) is 3. The predicted molar refractivity (Wildman–Crippen MR) is 74.9 cm³/mol. The number of fused-ring (bicyclic) bond motifs is 1. The van der Waals surface area contributed by atoms with Crippen LogP contribution in [0.25, 0.3) is 0 Å². The molecule has 2 heterocycles. The Morgan fingerprint density at radius 3 is 2.74 bits per heavy atom. The molecule has 0 aromatic carbocycles. The van der Waals surface area contributed by atoms with E-state index in [9.17, 15) is 18.3 Å². The molecule has 124 valence electrons. The second-order valence-electron chi connectivity index (χ2n) is 5.99. The lowest BCUT2D eigenvalue weighted by Gasteiger charge is -2.37. The van der Waals surface area contributed by atoms with Crippen LogP contribution in [0.2, 0.25) is 0 Å². The lowest BCUT2D eigenvalue weighted by molar-refractivity contribution is -0.214. The second-order valence-corrected chi connectivity index (χ2v) is 5.99. The van der Waals surface area contributed by atoms with E-state index in [-0.39, 0.29) is 23.3 Å². The topological polar surface area (TPSA) is 69.4 Å². The summed E-state index contributed by atoms with van der Waals surface area (Å²) >= 11 is 0. The van der Waals surface area contributed by atoms with E-state index in [1.165, 1.54) is 19.4 Å². The molecule has 0 bridgehead atoms. The molecule has 3 rings (SSSR count). The Bertz CT molecular complexity index is 644. The molecular formula is C15H16F3N3O2. The van der Waals surface area contributed by atoms with Crippen LogP contribution in [-0.4, -0.2) is 42.1 Å². The van der Waals surface area contributed by atoms with Crippen LogP contribution < -0.4 is 9.64 Å². The number of hydrogen-bond donors (Lipinski definition) is 1. The molecule has 1 aromatic rings. The number of alkyl halides is 3. The normalized spacial score (nSPS) is 27.8. The first-order valence-electron chi connectivity index (χ1n) is 7.32. The van der Waals surface area contributed by atoms with E-state index in [4.69, 9.17) is 10.00 Å². The fraction of sp³-hybridized carbons (Fsp3) is 0.600. The van der Waals surface area contributed by atoms with E-state index >= 15 is 0 Å². The highest BCUT2D eigenvalue weighted by Crippen LogP contribution is 2.49. The number of nitriles is 1. The highest BCUT2D eigenvalue weighted by Gasteiger charge is 2.56. The summed E-state index contributed by atoms with van der Waals surface area (Å²) in [6, 6.07) is 2.35. The molecule has 1 saturated heterocycles. The molecule has 1 aliphatic heterocycles. The van der Waals surface area contributed by atoms with E-state index in [1.807, 2.05) is 6.07 Å². The number of rotatable bonds is 3. The largest absolute Gasteiger partial charge is 0.494 e. The van der Waals surface area contributed by atoms with Crippen LogP contribution >= 0.6 is 0 Å². The Hall–Kier alpha value is -2.01. The lowest BCUT2D eigenvalue weighted by Crippen LogP contribution is -2.51. The van der Waals surface area contributed by atoms with Crippen LogP contribution in [0.1, 0.15) is 18.5 Å². The third-order valence-electron chi connectivity index (χ3n) is 4.86. The maximum Gasteiger partial charge on any atom is 0.416 e. The van der Waals surface area contributed by atoms with Crippen molar-refractivity contribution in [3.05, 3.63) is 18.0 Å². The van der Waals surface area contributed by atoms with Gasteiger partial charge >= 0.3 is 6.18 Å². The maximum absolute atomic E-state index is 13.0. The molecule has 2 fully saturated rings. The summed E-state index contributed by atoms with van der Waals surface area (Å²) in [4.78, 5) is 5.50. The molecule has 23 heavy (non-hydrogen) atoms. The van der Waals surface area contributed by atoms with Crippen LogP contribution in [0, 0.1) is 23.2 Å². The molecule has 1 N–H and O–H groups in total. The molecule has 5 nitrogen and oxygen atoms in total. The molecule has 0 radical (unpaired) electrons. The van der Waals surface area contributed by atoms with Gasteiger partial charge in [0.1, 0.15) is 6.07 Å². The summed E-state index contributed by atoms with van der Waals surface area (Å²) < 4.78 is 44.1. The van der Waals surface area contributed by atoms with E-state index in [0.29, 0.717) is 18.7 Å². The van der Waals surface area contributed by atoms with Gasteiger partial charge in [0.25, 0.3) is 0 Å². The SMILES string of the molecule is COc1cc(N2C[C@@H]3CC[C@@H]3[C@@H]2[C@H](O)C(F)(F)F)cnc1C#N. The van der Waals surface area contributed by atoms with Crippen LogP contribution in [0.4, 0.5) is 18.9 Å². The van der Waals surface area contributed by atoms with Crippen molar-refractivity contribution in [3.63, 3.8) is 0 Å². The third kappa shape index (κ3) is 2.59. The Balaban J connectivity index is 1.96. The fourth-order valence-electron chi connectivity index (χ4n) is 3.58. The lowest BCUT2D eigenvalue weighted by atomic mass is 9.72. The zero-order valence-electron chi connectivity index (χ0n) is 12.4. The quantitative estimate of drug-likeness (QED) is 0.921. The number of aliphatic hydroxyl groups excluding tert-OH is 1. The van der Waals surface area contributed by atoms with E-state index in [2.05, 4.69) is 4.98 Å². The van der Waals surface area contributed by atoms with Crippen LogP contribution in [0.5, 0.6) is 5.75 Å². The molecular weight excluding hydrogens is 311 g/mol. The first kappa shape index (κ1) is 15.9. The maximum atomic E-state index is 13.0. The molecule has 2 aliphatic rings. The molecule has 0 amide bonds. The van der Waals surface area contributed by atoms with E-state index in [0.717, 1.165) is 6.42 Å². The average molecular weight is 327 g/mol. The molecule has 1 aromatic heterocycles. The first-order valence-corrected chi connectivity index (χ1v) is 7.32. The van der Waals surface area contributed by atoms with Crippen LogP contribution in [0.15, 0.2) is 12.3 Å². The highest BCUT2D eigenvalue weighted by atomic mass is 19.4. The molecule has 1 aliphatic carbocycles. The Morgan fingerprint density at radius 1 is 1.48 bits per heavy atom. The molecule has 0 unspecified atom stereocenters. The van der Waals surface area contributed by atoms with Crippen molar-refractivity contribution in [3.8, 4) is 11.8 Å². The van der Waals surface area contributed by atoms with E-state index in [1.54, 1.807) is 4.90 Å². The number of aromatic nitrogens is 1. The molecule has 1 saturated carbocycles. The minimum absolute atomic E-state index is 0.0753. The average Bonchev–Trinajstić information content (AvgIpc) is 2.75. The zero-order chi connectivity index (χ0) is 16.8. The monoisotopic (exact) mass is 327 g/mol. The fourth-order valence-corrected chi connectivity index (χ4v) is 3.58. The summed E-state index contributed by atoms with van der Waals surface area (Å²) in [5, 5.41) is 18.7. The standard InChI is InChI=1S/C15H16F3N3O2/c1-23-12-4-9(6-20-11(12)5-19)21-7-8-2-3-10(8)13(21)14(22)15(16,17)18/h4,6,8,10,13-14,22H,2-3,7H2,1H3/t8-,10-,13+,14-/m0/s1. The van der Waals surface area contributed by atoms with Crippen molar-refractivity contribution in [1.82, 2.24) is 4.98 Å². The highest BCUT2D eigenvalue weighted by molar-refractivity contribution is 5.55. The Labute approximate surface area is 131 Å². The zero-order valence-corrected chi connectivity index (χ0v) is 12.4. The van der Waals surface area contributed by atoms with Crippen molar-refractivity contribution in [2.24, 2.45) is 11.8 Å². The van der Waals surface area contributed by atoms with Gasteiger partial charge in [0.05, 0.1) is 25.0 Å². The van der Waals surface area contributed by atoms with Crippen molar-refractivity contribution in [1.29, 1.82) is 5.26 Å². The number of aliphatic hydroxyl groups is 1. The first-order chi connectivity index (χ1) is 10.9. The Kier molecular flexibility index (Phi) is 3.84. The second kappa shape index (κ2) is 5.57. The summed E-state index contributed by atoms with van der Waals surface area (Å²) in [5.41, 5.74) is 0.509. The predicted octanol–water partition coefficient (Wildman–Crippen LogP) is 2.10. The van der Waals surface area contributed by atoms with Gasteiger partial charge in [-0.1, -0.05) is 0 Å².